The first-order chi connectivity index (χ1) is 9.31. The van der Waals surface area contributed by atoms with Gasteiger partial charge in [0.1, 0.15) is 18.9 Å². The Labute approximate surface area is 108 Å². The summed E-state index contributed by atoms with van der Waals surface area (Å²) < 4.78 is 11.3. The molecule has 0 radical (unpaired) electrons. The van der Waals surface area contributed by atoms with E-state index in [0.29, 0.717) is 24.8 Å². The molecule has 0 fully saturated rings. The van der Waals surface area contributed by atoms with Crippen molar-refractivity contribution in [1.82, 2.24) is 15.2 Å². The van der Waals surface area contributed by atoms with E-state index in [1.165, 1.54) is 0 Å². The number of ether oxygens (including phenoxy) is 2. The molecule has 19 heavy (non-hydrogen) atoms. The lowest BCUT2D eigenvalue weighted by Gasteiger charge is -2.26. The van der Waals surface area contributed by atoms with Crippen LogP contribution >= 0.6 is 0 Å². The van der Waals surface area contributed by atoms with Crippen molar-refractivity contribution in [2.75, 3.05) is 18.5 Å². The maximum atomic E-state index is 11.1. The minimum absolute atomic E-state index is 0.152. The van der Waals surface area contributed by atoms with Gasteiger partial charge in [0.15, 0.2) is 11.5 Å². The number of nitrogens with zero attached hydrogens (tertiary/aromatic N) is 2. The third-order valence-electron chi connectivity index (χ3n) is 2.64. The highest BCUT2D eigenvalue weighted by Crippen LogP contribution is 2.30. The van der Waals surface area contributed by atoms with Gasteiger partial charge in [0.05, 0.1) is 6.54 Å². The number of fused-ring (bicyclic) bond motifs is 1. The molecule has 0 bridgehead atoms. The monoisotopic (exact) mass is 260 g/mol. The van der Waals surface area contributed by atoms with Gasteiger partial charge >= 0.3 is 0 Å². The molecule has 1 aromatic carbocycles. The smallest absolute Gasteiger partial charge is 0.271 e. The summed E-state index contributed by atoms with van der Waals surface area (Å²) >= 11 is 0. The normalized spacial score (nSPS) is 16.9. The van der Waals surface area contributed by atoms with Crippen molar-refractivity contribution in [1.29, 1.82) is 0 Å². The second-order valence-corrected chi connectivity index (χ2v) is 4.06. The fourth-order valence-corrected chi connectivity index (χ4v) is 1.77. The second-order valence-electron chi connectivity index (χ2n) is 4.06. The fraction of sp³-hybridized carbons (Fsp3) is 0.250. The summed E-state index contributed by atoms with van der Waals surface area (Å²) in [5, 5.41) is 10.3. The van der Waals surface area contributed by atoms with Crippen LogP contribution in [0.1, 0.15) is 0 Å². The molecule has 1 aromatic heterocycles. The molecule has 2 heterocycles. The van der Waals surface area contributed by atoms with E-state index in [9.17, 15) is 4.79 Å². The third kappa shape index (κ3) is 2.65. The van der Waals surface area contributed by atoms with E-state index >= 15 is 0 Å². The summed E-state index contributed by atoms with van der Waals surface area (Å²) in [6.07, 6.45) is 0.960. The standard InChI is InChI=1S/C12H12N4O3/c17-11-6-14-16-12(15-11)13-5-8-7-18-9-3-1-2-4-10(9)19-8/h1-4,6,8H,5,7H2,(H2,13,15,16,17). The maximum Gasteiger partial charge on any atom is 0.271 e. The third-order valence-corrected chi connectivity index (χ3v) is 2.64. The number of nitrogens with one attached hydrogen (secondary N) is 2. The quantitative estimate of drug-likeness (QED) is 0.831. The number of H-pyrrole nitrogens is 1. The Morgan fingerprint density at radius 3 is 3.05 bits per heavy atom. The molecule has 3 rings (SSSR count). The Balaban J connectivity index is 1.62. The lowest BCUT2D eigenvalue weighted by Crippen LogP contribution is -2.35. The van der Waals surface area contributed by atoms with E-state index in [-0.39, 0.29) is 11.7 Å². The van der Waals surface area contributed by atoms with Gasteiger partial charge in [0.25, 0.3) is 5.56 Å². The van der Waals surface area contributed by atoms with Crippen LogP contribution in [0, 0.1) is 0 Å². The van der Waals surface area contributed by atoms with Crippen molar-refractivity contribution >= 4 is 5.95 Å². The number of anilines is 1. The van der Waals surface area contributed by atoms with Gasteiger partial charge in [-0.2, -0.15) is 0 Å². The summed E-state index contributed by atoms with van der Waals surface area (Å²) in [5.74, 6) is 1.77. The van der Waals surface area contributed by atoms with Crippen LogP contribution in [0.25, 0.3) is 0 Å². The number of rotatable bonds is 3. The summed E-state index contributed by atoms with van der Waals surface area (Å²) in [6, 6.07) is 7.49. The first-order valence-electron chi connectivity index (χ1n) is 5.85. The summed E-state index contributed by atoms with van der Waals surface area (Å²) in [5.41, 5.74) is -0.302. The van der Waals surface area contributed by atoms with Crippen molar-refractivity contribution in [3.05, 3.63) is 40.8 Å². The summed E-state index contributed by atoms with van der Waals surface area (Å²) in [6.45, 7) is 0.900. The highest BCUT2D eigenvalue weighted by molar-refractivity contribution is 5.40. The summed E-state index contributed by atoms with van der Waals surface area (Å²) in [4.78, 5) is 13.6. The Bertz CT molecular complexity index is 628. The summed E-state index contributed by atoms with van der Waals surface area (Å²) in [7, 11) is 0. The lowest BCUT2D eigenvalue weighted by atomic mass is 10.2. The topological polar surface area (TPSA) is 89.1 Å². The van der Waals surface area contributed by atoms with Crippen LogP contribution in [0.4, 0.5) is 5.95 Å². The van der Waals surface area contributed by atoms with Gasteiger partial charge in [-0.1, -0.05) is 12.1 Å². The molecule has 0 aliphatic carbocycles. The minimum atomic E-state index is -0.302. The van der Waals surface area contributed by atoms with Crippen LogP contribution in [0.15, 0.2) is 35.3 Å². The molecule has 1 aliphatic rings. The molecule has 2 N–H and O–H groups in total. The van der Waals surface area contributed by atoms with E-state index in [4.69, 9.17) is 9.47 Å². The van der Waals surface area contributed by atoms with E-state index in [0.717, 1.165) is 11.9 Å². The van der Waals surface area contributed by atoms with Gasteiger partial charge in [-0.3, -0.25) is 9.78 Å². The molecule has 1 unspecified atom stereocenters. The molecule has 98 valence electrons. The number of hydrogen-bond acceptors (Lipinski definition) is 6. The highest BCUT2D eigenvalue weighted by atomic mass is 16.6. The molecule has 0 amide bonds. The maximum absolute atomic E-state index is 11.1. The van der Waals surface area contributed by atoms with Crippen LogP contribution in [-0.4, -0.2) is 34.4 Å². The fourth-order valence-electron chi connectivity index (χ4n) is 1.77. The number of aromatic nitrogens is 3. The Hall–Kier alpha value is -2.57. The van der Waals surface area contributed by atoms with Crippen LogP contribution < -0.4 is 20.3 Å². The van der Waals surface area contributed by atoms with Crippen molar-refractivity contribution in [2.45, 2.75) is 6.10 Å². The molecule has 0 saturated heterocycles. The molecule has 2 aromatic rings. The average molecular weight is 260 g/mol. The number of benzene rings is 1. The van der Waals surface area contributed by atoms with Crippen LogP contribution in [0.5, 0.6) is 11.5 Å². The number of para-hydroxylation sites is 2. The van der Waals surface area contributed by atoms with Crippen molar-refractivity contribution in [3.8, 4) is 11.5 Å². The molecule has 1 atom stereocenters. The zero-order valence-corrected chi connectivity index (χ0v) is 10.00. The Morgan fingerprint density at radius 1 is 1.37 bits per heavy atom. The van der Waals surface area contributed by atoms with Gasteiger partial charge in [0, 0.05) is 0 Å². The van der Waals surface area contributed by atoms with Crippen molar-refractivity contribution in [3.63, 3.8) is 0 Å². The van der Waals surface area contributed by atoms with Gasteiger partial charge in [-0.05, 0) is 12.1 Å². The Morgan fingerprint density at radius 2 is 2.21 bits per heavy atom. The molecular weight excluding hydrogens is 248 g/mol. The van der Waals surface area contributed by atoms with Gasteiger partial charge in [-0.25, -0.2) is 0 Å². The van der Waals surface area contributed by atoms with Crippen molar-refractivity contribution in [2.24, 2.45) is 0 Å². The van der Waals surface area contributed by atoms with E-state index in [1.807, 2.05) is 24.3 Å². The molecule has 7 nitrogen and oxygen atoms in total. The van der Waals surface area contributed by atoms with E-state index in [2.05, 4.69) is 20.5 Å². The first-order valence-corrected chi connectivity index (χ1v) is 5.85. The predicted molar refractivity (Wildman–Crippen MR) is 67.5 cm³/mol. The average Bonchev–Trinajstić information content (AvgIpc) is 2.45. The minimum Gasteiger partial charge on any atom is -0.486 e. The van der Waals surface area contributed by atoms with Crippen molar-refractivity contribution < 1.29 is 9.47 Å². The SMILES string of the molecule is O=c1cnnc(NCC2COc3ccccc3O2)[nH]1. The molecule has 1 aliphatic heterocycles. The van der Waals surface area contributed by atoms with E-state index < -0.39 is 0 Å². The van der Waals surface area contributed by atoms with Crippen LogP contribution in [0.2, 0.25) is 0 Å². The molecule has 7 heteroatoms. The molecule has 0 saturated carbocycles. The van der Waals surface area contributed by atoms with Gasteiger partial charge in [-0.15, -0.1) is 10.2 Å². The van der Waals surface area contributed by atoms with Gasteiger partial charge in [0.2, 0.25) is 5.95 Å². The largest absolute Gasteiger partial charge is 0.486 e. The zero-order chi connectivity index (χ0) is 13.1. The van der Waals surface area contributed by atoms with E-state index in [1.54, 1.807) is 0 Å². The first kappa shape index (κ1) is 11.5. The highest BCUT2D eigenvalue weighted by Gasteiger charge is 2.20. The Kier molecular flexibility index (Phi) is 3.01. The van der Waals surface area contributed by atoms with Gasteiger partial charge < -0.3 is 14.8 Å². The predicted octanol–water partition coefficient (Wildman–Crippen LogP) is 0.417. The number of aromatic amines is 1. The van der Waals surface area contributed by atoms with Crippen LogP contribution in [0.3, 0.4) is 0 Å². The number of hydrogen-bond donors (Lipinski definition) is 2. The second kappa shape index (κ2) is 4.97. The lowest BCUT2D eigenvalue weighted by molar-refractivity contribution is 0.0996. The molecular formula is C12H12N4O3. The van der Waals surface area contributed by atoms with Crippen LogP contribution in [-0.2, 0) is 0 Å². The zero-order valence-electron chi connectivity index (χ0n) is 10.00. The molecule has 0 spiro atoms.